The first-order valence-electron chi connectivity index (χ1n) is 4.60. The van der Waals surface area contributed by atoms with Crippen molar-refractivity contribution < 1.29 is 4.79 Å². The number of nitrogens with one attached hydrogen (secondary N) is 1. The molecule has 0 spiro atoms. The van der Waals surface area contributed by atoms with E-state index in [1.165, 1.54) is 0 Å². The van der Waals surface area contributed by atoms with Gasteiger partial charge in [-0.15, -0.1) is 0 Å². The summed E-state index contributed by atoms with van der Waals surface area (Å²) in [7, 11) is 0. The van der Waals surface area contributed by atoms with Gasteiger partial charge >= 0.3 is 0 Å². The van der Waals surface area contributed by atoms with Gasteiger partial charge in [0.25, 0.3) is 0 Å². The minimum atomic E-state index is -0.223. The lowest BCUT2D eigenvalue weighted by atomic mass is 10.1. The average molecular weight is 202 g/mol. The Morgan fingerprint density at radius 1 is 1.40 bits per heavy atom. The van der Waals surface area contributed by atoms with E-state index in [4.69, 9.17) is 5.73 Å². The summed E-state index contributed by atoms with van der Waals surface area (Å²) in [5.74, 6) is -0.223. The van der Waals surface area contributed by atoms with Gasteiger partial charge in [-0.25, -0.2) is 0 Å². The Morgan fingerprint density at radius 3 is 2.67 bits per heavy atom. The molecule has 15 heavy (non-hydrogen) atoms. The third kappa shape index (κ3) is 2.54. The van der Waals surface area contributed by atoms with E-state index in [1.807, 2.05) is 12.1 Å². The van der Waals surface area contributed by atoms with E-state index in [1.54, 1.807) is 18.2 Å². The smallest absolute Gasteiger partial charge is 0.238 e. The summed E-state index contributed by atoms with van der Waals surface area (Å²) in [5.41, 5.74) is 7.72. The zero-order valence-corrected chi connectivity index (χ0v) is 8.49. The summed E-state index contributed by atoms with van der Waals surface area (Å²) >= 11 is 0. The summed E-state index contributed by atoms with van der Waals surface area (Å²) in [6, 6.07) is 5.55. The molecule has 0 unspecified atom stereocenters. The second-order valence-electron chi connectivity index (χ2n) is 2.97. The van der Waals surface area contributed by atoms with E-state index in [0.717, 1.165) is 11.1 Å². The maximum Gasteiger partial charge on any atom is 0.238 e. The van der Waals surface area contributed by atoms with Crippen molar-refractivity contribution >= 4 is 23.7 Å². The second-order valence-corrected chi connectivity index (χ2v) is 2.97. The lowest BCUT2D eigenvalue weighted by Crippen LogP contribution is -2.22. The fourth-order valence-electron chi connectivity index (χ4n) is 1.30. The van der Waals surface area contributed by atoms with Crippen LogP contribution >= 0.6 is 0 Å². The van der Waals surface area contributed by atoms with Gasteiger partial charge in [-0.3, -0.25) is 4.79 Å². The highest BCUT2D eigenvalue weighted by molar-refractivity contribution is 5.95. The molecule has 1 aromatic rings. The van der Waals surface area contributed by atoms with Crippen molar-refractivity contribution in [2.24, 2.45) is 5.73 Å². The van der Waals surface area contributed by atoms with Crippen LogP contribution in [0, 0.1) is 0 Å². The third-order valence-corrected chi connectivity index (χ3v) is 2.02. The first-order valence-corrected chi connectivity index (χ1v) is 4.60. The Balaban J connectivity index is 3.11. The van der Waals surface area contributed by atoms with Crippen molar-refractivity contribution in [3.05, 3.63) is 42.5 Å². The van der Waals surface area contributed by atoms with Gasteiger partial charge in [-0.2, -0.15) is 0 Å². The van der Waals surface area contributed by atoms with E-state index < -0.39 is 0 Å². The molecule has 3 N–H and O–H groups in total. The summed E-state index contributed by atoms with van der Waals surface area (Å²) in [4.78, 5) is 11.2. The van der Waals surface area contributed by atoms with Gasteiger partial charge in [0.15, 0.2) is 0 Å². The van der Waals surface area contributed by atoms with Crippen LogP contribution in [0.25, 0.3) is 12.2 Å². The number of nitrogens with two attached hydrogens (primary N) is 1. The quantitative estimate of drug-likeness (QED) is 0.783. The molecular weight excluding hydrogens is 188 g/mol. The zero-order valence-electron chi connectivity index (χ0n) is 8.49. The van der Waals surface area contributed by atoms with Crippen LogP contribution in [0.15, 0.2) is 31.4 Å². The largest absolute Gasteiger partial charge is 0.324 e. The van der Waals surface area contributed by atoms with Crippen molar-refractivity contribution in [2.75, 3.05) is 11.9 Å². The predicted octanol–water partition coefficient (Wildman–Crippen LogP) is 1.87. The Kier molecular flexibility index (Phi) is 3.83. The molecule has 0 saturated carbocycles. The van der Waals surface area contributed by atoms with Crippen LogP contribution in [0.4, 0.5) is 5.69 Å². The van der Waals surface area contributed by atoms with Gasteiger partial charge in [-0.05, 0) is 11.6 Å². The molecule has 0 aliphatic rings. The van der Waals surface area contributed by atoms with Crippen LogP contribution in [0.2, 0.25) is 0 Å². The Bertz CT molecular complexity index is 397. The van der Waals surface area contributed by atoms with Crippen LogP contribution in [-0.2, 0) is 4.79 Å². The number of anilines is 1. The number of hydrogen-bond donors (Lipinski definition) is 2. The van der Waals surface area contributed by atoms with E-state index in [-0.39, 0.29) is 12.5 Å². The van der Waals surface area contributed by atoms with Crippen LogP contribution in [0.3, 0.4) is 0 Å². The molecular formula is C12H14N2O. The summed E-state index contributed by atoms with van der Waals surface area (Å²) < 4.78 is 0. The molecule has 0 atom stereocenters. The van der Waals surface area contributed by atoms with Gasteiger partial charge in [-0.1, -0.05) is 37.4 Å². The van der Waals surface area contributed by atoms with Crippen LogP contribution in [0.1, 0.15) is 11.1 Å². The third-order valence-electron chi connectivity index (χ3n) is 2.02. The van der Waals surface area contributed by atoms with Crippen molar-refractivity contribution in [1.29, 1.82) is 0 Å². The van der Waals surface area contributed by atoms with Gasteiger partial charge in [0.1, 0.15) is 0 Å². The molecule has 0 aliphatic carbocycles. The molecule has 78 valence electrons. The van der Waals surface area contributed by atoms with Crippen molar-refractivity contribution in [3.8, 4) is 0 Å². The number of amides is 1. The SMILES string of the molecule is C=Cc1cccc(NC(=O)CN)c1C=C. The standard InChI is InChI=1S/C12H14N2O/c1-3-9-6-5-7-11(10(9)4-2)14-12(15)8-13/h3-7H,1-2,8,13H2,(H,14,15). The minimum Gasteiger partial charge on any atom is -0.324 e. The first kappa shape index (κ1) is 11.2. The zero-order chi connectivity index (χ0) is 11.3. The van der Waals surface area contributed by atoms with E-state index in [9.17, 15) is 4.79 Å². The number of benzene rings is 1. The maximum atomic E-state index is 11.2. The van der Waals surface area contributed by atoms with Crippen molar-refractivity contribution in [2.45, 2.75) is 0 Å². The molecule has 3 heteroatoms. The summed E-state index contributed by atoms with van der Waals surface area (Å²) in [6.45, 7) is 7.36. The van der Waals surface area contributed by atoms with Crippen molar-refractivity contribution in [3.63, 3.8) is 0 Å². The van der Waals surface area contributed by atoms with Crippen molar-refractivity contribution in [1.82, 2.24) is 0 Å². The molecule has 1 aromatic carbocycles. The topological polar surface area (TPSA) is 55.1 Å². The van der Waals surface area contributed by atoms with Gasteiger partial charge in [0.05, 0.1) is 6.54 Å². The van der Waals surface area contributed by atoms with E-state index >= 15 is 0 Å². The van der Waals surface area contributed by atoms with E-state index in [0.29, 0.717) is 5.69 Å². The summed E-state index contributed by atoms with van der Waals surface area (Å²) in [5, 5.41) is 2.70. The fraction of sp³-hybridized carbons (Fsp3) is 0.0833. The predicted molar refractivity (Wildman–Crippen MR) is 64.3 cm³/mol. The molecule has 1 amide bonds. The molecule has 0 fully saturated rings. The average Bonchev–Trinajstić information content (AvgIpc) is 2.28. The molecule has 0 radical (unpaired) electrons. The monoisotopic (exact) mass is 202 g/mol. The molecule has 0 bridgehead atoms. The first-order chi connectivity index (χ1) is 7.22. The van der Waals surface area contributed by atoms with Gasteiger partial charge in [0, 0.05) is 11.3 Å². The van der Waals surface area contributed by atoms with Crippen LogP contribution in [-0.4, -0.2) is 12.5 Å². The number of carbonyl (C=O) groups is 1. The Labute approximate surface area is 89.3 Å². The number of hydrogen-bond acceptors (Lipinski definition) is 2. The number of rotatable bonds is 4. The second kappa shape index (κ2) is 5.12. The van der Waals surface area contributed by atoms with Crippen LogP contribution < -0.4 is 11.1 Å². The fourth-order valence-corrected chi connectivity index (χ4v) is 1.30. The molecule has 0 heterocycles. The Morgan fingerprint density at radius 2 is 2.13 bits per heavy atom. The maximum absolute atomic E-state index is 11.2. The highest BCUT2D eigenvalue weighted by Crippen LogP contribution is 2.21. The van der Waals surface area contributed by atoms with Gasteiger partial charge in [0.2, 0.25) is 5.91 Å². The highest BCUT2D eigenvalue weighted by Gasteiger charge is 2.05. The molecule has 0 aromatic heterocycles. The normalized spacial score (nSPS) is 9.40. The van der Waals surface area contributed by atoms with Gasteiger partial charge < -0.3 is 11.1 Å². The molecule has 0 aliphatic heterocycles. The van der Waals surface area contributed by atoms with Crippen LogP contribution in [0.5, 0.6) is 0 Å². The lowest BCUT2D eigenvalue weighted by Gasteiger charge is -2.09. The minimum absolute atomic E-state index is 0.0328. The lowest BCUT2D eigenvalue weighted by molar-refractivity contribution is -0.114. The summed E-state index contributed by atoms with van der Waals surface area (Å²) in [6.07, 6.45) is 3.40. The van der Waals surface area contributed by atoms with E-state index in [2.05, 4.69) is 18.5 Å². The molecule has 0 saturated heterocycles. The Hall–Kier alpha value is -1.87. The highest BCUT2D eigenvalue weighted by atomic mass is 16.1. The molecule has 1 rings (SSSR count). The molecule has 3 nitrogen and oxygen atoms in total. The number of carbonyl (C=O) groups excluding carboxylic acids is 1.